The molecule has 2 aromatic rings. The zero-order chi connectivity index (χ0) is 19.4. The van der Waals surface area contributed by atoms with E-state index < -0.39 is 6.03 Å². The molecule has 1 saturated heterocycles. The van der Waals surface area contributed by atoms with Crippen molar-refractivity contribution in [2.45, 2.75) is 45.2 Å². The number of amides is 2. The van der Waals surface area contributed by atoms with Gasteiger partial charge in [0.25, 0.3) is 0 Å². The molecule has 2 atom stereocenters. The average molecular weight is 369 g/mol. The third-order valence-corrected chi connectivity index (χ3v) is 5.31. The van der Waals surface area contributed by atoms with E-state index in [9.17, 15) is 10.0 Å². The first-order chi connectivity index (χ1) is 13.0. The molecule has 0 aromatic carbocycles. The van der Waals surface area contributed by atoms with Crippen molar-refractivity contribution in [1.82, 2.24) is 19.9 Å². The third kappa shape index (κ3) is 4.26. The Labute approximate surface area is 159 Å². The molecule has 7 nitrogen and oxygen atoms in total. The number of nitrogens with zero attached hydrogens (tertiary/aromatic N) is 4. The van der Waals surface area contributed by atoms with E-state index >= 15 is 0 Å². The fourth-order valence-electron chi connectivity index (χ4n) is 3.97. The van der Waals surface area contributed by atoms with Gasteiger partial charge in [0.2, 0.25) is 0 Å². The predicted molar refractivity (Wildman–Crippen MR) is 102 cm³/mol. The van der Waals surface area contributed by atoms with Crippen molar-refractivity contribution in [2.24, 2.45) is 5.73 Å². The highest BCUT2D eigenvalue weighted by Gasteiger charge is 2.35. The molecule has 2 aromatic heterocycles. The van der Waals surface area contributed by atoms with Crippen LogP contribution in [-0.4, -0.2) is 44.3 Å². The Kier molecular flexibility index (Phi) is 6.03. The van der Waals surface area contributed by atoms with Crippen LogP contribution in [0.2, 0.25) is 0 Å². The van der Waals surface area contributed by atoms with E-state index in [0.717, 1.165) is 41.8 Å². The normalized spacial score (nSPS) is 20.4. The molecule has 7 heteroatoms. The summed E-state index contributed by atoms with van der Waals surface area (Å²) in [5.41, 5.74) is 9.55. The Morgan fingerprint density at radius 2 is 1.67 bits per heavy atom. The summed E-state index contributed by atoms with van der Waals surface area (Å²) in [5, 5.41) is 10.3. The smallest absolute Gasteiger partial charge is 0.338 e. The Hall–Kier alpha value is -2.51. The lowest BCUT2D eigenvalue weighted by atomic mass is 9.89. The monoisotopic (exact) mass is 369 g/mol. The maximum Gasteiger partial charge on any atom is 0.338 e. The minimum absolute atomic E-state index is 0.104. The van der Waals surface area contributed by atoms with Crippen LogP contribution >= 0.6 is 0 Å². The molecule has 0 radical (unpaired) electrons. The molecule has 1 aliphatic rings. The van der Waals surface area contributed by atoms with Gasteiger partial charge < -0.3 is 5.73 Å². The number of carbonyl (C=O) groups excluding carboxylic acids is 1. The van der Waals surface area contributed by atoms with Gasteiger partial charge >= 0.3 is 6.03 Å². The van der Waals surface area contributed by atoms with E-state index in [1.54, 1.807) is 0 Å². The molecule has 0 bridgehead atoms. The number of hydrogen-bond donors (Lipinski definition) is 2. The molecule has 0 aliphatic carbocycles. The Morgan fingerprint density at radius 1 is 1.15 bits per heavy atom. The fraction of sp³-hybridized carbons (Fsp3) is 0.450. The first kappa shape index (κ1) is 19.3. The van der Waals surface area contributed by atoms with Gasteiger partial charge in [0.15, 0.2) is 0 Å². The van der Waals surface area contributed by atoms with Crippen LogP contribution in [0.4, 0.5) is 4.79 Å². The van der Waals surface area contributed by atoms with Crippen LogP contribution in [0, 0.1) is 13.8 Å². The molecule has 3 heterocycles. The topological polar surface area (TPSA) is 95.6 Å². The second-order valence-electron chi connectivity index (χ2n) is 7.07. The van der Waals surface area contributed by atoms with Crippen molar-refractivity contribution in [3.05, 3.63) is 59.2 Å². The average Bonchev–Trinajstić information content (AvgIpc) is 2.66. The number of aryl methyl sites for hydroxylation is 2. The van der Waals surface area contributed by atoms with Crippen LogP contribution in [0.1, 0.15) is 53.9 Å². The minimum atomic E-state index is -0.844. The second-order valence-corrected chi connectivity index (χ2v) is 7.07. The second kappa shape index (κ2) is 8.45. The van der Waals surface area contributed by atoms with Crippen LogP contribution in [0.15, 0.2) is 36.7 Å². The van der Waals surface area contributed by atoms with Crippen molar-refractivity contribution in [1.29, 1.82) is 0 Å². The van der Waals surface area contributed by atoms with Crippen LogP contribution in [0.3, 0.4) is 0 Å². The predicted octanol–water partition coefficient (Wildman–Crippen LogP) is 3.13. The van der Waals surface area contributed by atoms with Gasteiger partial charge in [-0.15, -0.1) is 0 Å². The van der Waals surface area contributed by atoms with Crippen LogP contribution in [-0.2, 0) is 0 Å². The molecule has 0 spiro atoms. The molecule has 27 heavy (non-hydrogen) atoms. The summed E-state index contributed by atoms with van der Waals surface area (Å²) in [7, 11) is 0. The fourth-order valence-corrected chi connectivity index (χ4v) is 3.97. The molecule has 3 N–H and O–H groups in total. The molecule has 3 rings (SSSR count). The van der Waals surface area contributed by atoms with E-state index in [2.05, 4.69) is 40.8 Å². The summed E-state index contributed by atoms with van der Waals surface area (Å²) >= 11 is 0. The Bertz CT molecular complexity index is 744. The highest BCUT2D eigenvalue weighted by Crippen LogP contribution is 2.41. The standard InChI is InChI=1S/C20H27N5O2/c1-14-6-4-10-22-18(14)16-8-3-9-17(19-15(2)7-5-11-23-19)24(16)12-13-25(27)20(21)26/h4-7,10-11,16-17,27H,3,8-9,12-13H2,1-2H3,(H2,21,26). The summed E-state index contributed by atoms with van der Waals surface area (Å²) in [6.45, 7) is 4.76. The highest BCUT2D eigenvalue weighted by molar-refractivity contribution is 5.70. The third-order valence-electron chi connectivity index (χ3n) is 5.31. The van der Waals surface area contributed by atoms with E-state index in [-0.39, 0.29) is 18.6 Å². The van der Waals surface area contributed by atoms with E-state index in [0.29, 0.717) is 11.6 Å². The maximum absolute atomic E-state index is 11.2. The summed E-state index contributed by atoms with van der Waals surface area (Å²) < 4.78 is 0. The van der Waals surface area contributed by atoms with Gasteiger partial charge in [-0.05, 0) is 56.4 Å². The number of aromatic nitrogens is 2. The van der Waals surface area contributed by atoms with Crippen molar-refractivity contribution in [3.8, 4) is 0 Å². The minimum Gasteiger partial charge on any atom is -0.350 e. The van der Waals surface area contributed by atoms with Gasteiger partial charge in [-0.3, -0.25) is 20.1 Å². The number of hydrogen-bond acceptors (Lipinski definition) is 5. The number of urea groups is 1. The Morgan fingerprint density at radius 3 is 2.11 bits per heavy atom. The summed E-state index contributed by atoms with van der Waals surface area (Å²) in [4.78, 5) is 22.8. The molecule has 2 amide bonds. The molecule has 1 fully saturated rings. The number of hydroxylamine groups is 2. The first-order valence-electron chi connectivity index (χ1n) is 9.33. The number of primary amides is 1. The highest BCUT2D eigenvalue weighted by atomic mass is 16.5. The zero-order valence-corrected chi connectivity index (χ0v) is 15.9. The van der Waals surface area contributed by atoms with Gasteiger partial charge in [-0.2, -0.15) is 0 Å². The van der Waals surface area contributed by atoms with E-state index in [1.807, 2.05) is 24.5 Å². The maximum atomic E-state index is 11.2. The number of pyridine rings is 2. The lowest BCUT2D eigenvalue weighted by molar-refractivity contribution is -0.0542. The van der Waals surface area contributed by atoms with Crippen molar-refractivity contribution in [3.63, 3.8) is 0 Å². The number of carbonyl (C=O) groups is 1. The lowest BCUT2D eigenvalue weighted by Gasteiger charge is -2.42. The van der Waals surface area contributed by atoms with Gasteiger partial charge in [-0.1, -0.05) is 12.1 Å². The molecule has 1 aliphatic heterocycles. The first-order valence-corrected chi connectivity index (χ1v) is 9.33. The summed E-state index contributed by atoms with van der Waals surface area (Å²) in [6.07, 6.45) is 6.65. The SMILES string of the molecule is Cc1cccnc1C1CCCC(c2ncccc2C)N1CCN(O)C(N)=O. The molecular weight excluding hydrogens is 342 g/mol. The van der Waals surface area contributed by atoms with Crippen LogP contribution < -0.4 is 5.73 Å². The molecule has 144 valence electrons. The summed E-state index contributed by atoms with van der Waals surface area (Å²) in [6, 6.07) is 7.38. The number of nitrogens with two attached hydrogens (primary N) is 1. The van der Waals surface area contributed by atoms with Crippen molar-refractivity contribution < 1.29 is 10.0 Å². The van der Waals surface area contributed by atoms with Gasteiger partial charge in [-0.25, -0.2) is 9.86 Å². The molecule has 0 saturated carbocycles. The van der Waals surface area contributed by atoms with Gasteiger partial charge in [0.1, 0.15) is 0 Å². The number of rotatable bonds is 5. The molecule has 2 unspecified atom stereocenters. The summed E-state index contributed by atoms with van der Waals surface area (Å²) in [5.74, 6) is 0. The van der Waals surface area contributed by atoms with Gasteiger partial charge in [0.05, 0.1) is 30.0 Å². The van der Waals surface area contributed by atoms with Gasteiger partial charge in [0, 0.05) is 18.9 Å². The quantitative estimate of drug-likeness (QED) is 0.623. The number of piperidine rings is 1. The number of likely N-dealkylation sites (tertiary alicyclic amines) is 1. The van der Waals surface area contributed by atoms with Crippen LogP contribution in [0.5, 0.6) is 0 Å². The van der Waals surface area contributed by atoms with Crippen LogP contribution in [0.25, 0.3) is 0 Å². The van der Waals surface area contributed by atoms with Crippen molar-refractivity contribution in [2.75, 3.05) is 13.1 Å². The van der Waals surface area contributed by atoms with E-state index in [4.69, 9.17) is 5.73 Å². The Balaban J connectivity index is 1.95. The van der Waals surface area contributed by atoms with E-state index in [1.165, 1.54) is 0 Å². The lowest BCUT2D eigenvalue weighted by Crippen LogP contribution is -2.44. The zero-order valence-electron chi connectivity index (χ0n) is 15.9. The largest absolute Gasteiger partial charge is 0.350 e. The molecular formula is C20H27N5O2. The van der Waals surface area contributed by atoms with Crippen molar-refractivity contribution >= 4 is 6.03 Å².